The molecule has 2 atom stereocenters. The topological polar surface area (TPSA) is 58.4 Å². The Morgan fingerprint density at radius 3 is 2.45 bits per heavy atom. The summed E-state index contributed by atoms with van der Waals surface area (Å²) >= 11 is 0. The van der Waals surface area contributed by atoms with Crippen LogP contribution >= 0.6 is 0 Å². The van der Waals surface area contributed by atoms with Crippen LogP contribution in [-0.4, -0.2) is 44.9 Å². The van der Waals surface area contributed by atoms with Crippen molar-refractivity contribution in [3.8, 4) is 5.69 Å². The van der Waals surface area contributed by atoms with E-state index in [-0.39, 0.29) is 25.4 Å². The van der Waals surface area contributed by atoms with E-state index in [4.69, 9.17) is 0 Å². The molecule has 0 aliphatic carbocycles. The van der Waals surface area contributed by atoms with Crippen LogP contribution in [0.25, 0.3) is 5.69 Å². The van der Waals surface area contributed by atoms with Crippen LogP contribution in [0, 0.1) is 5.92 Å². The molecule has 1 aliphatic heterocycles. The third-order valence-corrected chi connectivity index (χ3v) is 4.83. The smallest absolute Gasteiger partial charge is 0.393 e. The van der Waals surface area contributed by atoms with Gasteiger partial charge in [-0.05, 0) is 30.5 Å². The van der Waals surface area contributed by atoms with Gasteiger partial charge in [0.1, 0.15) is 0 Å². The number of piperidine rings is 1. The molecule has 11 heteroatoms. The Balaban J connectivity index is 2.04. The number of nitrogens with zero attached hydrogens (tertiary/aromatic N) is 3. The zero-order valence-electron chi connectivity index (χ0n) is 15.1. The van der Waals surface area contributed by atoms with E-state index in [0.29, 0.717) is 16.9 Å². The normalized spacial score (nSPS) is 20.8. The quantitative estimate of drug-likeness (QED) is 0.752. The van der Waals surface area contributed by atoms with E-state index in [0.717, 1.165) is 18.2 Å². The van der Waals surface area contributed by atoms with Crippen LogP contribution in [0.15, 0.2) is 30.5 Å². The van der Waals surface area contributed by atoms with Crippen molar-refractivity contribution < 1.29 is 36.2 Å². The van der Waals surface area contributed by atoms with Crippen molar-refractivity contribution in [2.24, 2.45) is 5.92 Å². The van der Waals surface area contributed by atoms with Crippen molar-refractivity contribution >= 4 is 5.91 Å². The molecule has 29 heavy (non-hydrogen) atoms. The SMILES string of the molecule is CC1CN(C(=O)c2cnn(-c3cccc(C(F)(F)F)c3)c2C(F)(F)F)CCC1O. The maximum absolute atomic E-state index is 13.7. The van der Waals surface area contributed by atoms with Gasteiger partial charge in [0.2, 0.25) is 0 Å². The molecule has 1 fully saturated rings. The average molecular weight is 421 g/mol. The zero-order chi connectivity index (χ0) is 21.6. The van der Waals surface area contributed by atoms with Crippen molar-refractivity contribution in [3.63, 3.8) is 0 Å². The van der Waals surface area contributed by atoms with Gasteiger partial charge in [0.05, 0.1) is 29.1 Å². The summed E-state index contributed by atoms with van der Waals surface area (Å²) in [6.07, 6.45) is -9.51. The highest BCUT2D eigenvalue weighted by Crippen LogP contribution is 2.36. The predicted octanol–water partition coefficient (Wildman–Crippen LogP) is 3.75. The summed E-state index contributed by atoms with van der Waals surface area (Å²) in [5, 5.41) is 13.3. The molecule has 0 radical (unpaired) electrons. The van der Waals surface area contributed by atoms with Crippen LogP contribution in [0.1, 0.15) is 35.0 Å². The van der Waals surface area contributed by atoms with Gasteiger partial charge in [-0.1, -0.05) is 13.0 Å². The number of hydrogen-bond donors (Lipinski definition) is 1. The lowest BCUT2D eigenvalue weighted by Crippen LogP contribution is -2.45. The second-order valence-corrected chi connectivity index (χ2v) is 6.95. The minimum absolute atomic E-state index is 0.0615. The maximum Gasteiger partial charge on any atom is 0.434 e. The van der Waals surface area contributed by atoms with Gasteiger partial charge >= 0.3 is 12.4 Å². The van der Waals surface area contributed by atoms with E-state index in [1.165, 1.54) is 4.90 Å². The number of benzene rings is 1. The average Bonchev–Trinajstić information content (AvgIpc) is 3.08. The fourth-order valence-corrected chi connectivity index (χ4v) is 3.28. The third kappa shape index (κ3) is 4.24. The molecule has 3 rings (SSSR count). The number of hydrogen-bond acceptors (Lipinski definition) is 3. The maximum atomic E-state index is 13.7. The summed E-state index contributed by atoms with van der Waals surface area (Å²) in [5.74, 6) is -1.25. The molecular formula is C18H17F6N3O2. The first-order chi connectivity index (χ1) is 13.4. The fraction of sp³-hybridized carbons (Fsp3) is 0.444. The molecule has 158 valence electrons. The lowest BCUT2D eigenvalue weighted by atomic mass is 9.96. The van der Waals surface area contributed by atoms with Gasteiger partial charge in [0.15, 0.2) is 5.69 Å². The van der Waals surface area contributed by atoms with Crippen LogP contribution in [0.3, 0.4) is 0 Å². The van der Waals surface area contributed by atoms with Gasteiger partial charge in [-0.15, -0.1) is 0 Å². The van der Waals surface area contributed by atoms with Gasteiger partial charge in [-0.2, -0.15) is 31.4 Å². The van der Waals surface area contributed by atoms with Gasteiger partial charge < -0.3 is 10.0 Å². The molecule has 2 heterocycles. The summed E-state index contributed by atoms with van der Waals surface area (Å²) in [7, 11) is 0. The zero-order valence-corrected chi connectivity index (χ0v) is 15.1. The van der Waals surface area contributed by atoms with Crippen LogP contribution in [0.5, 0.6) is 0 Å². The Kier molecular flexibility index (Phi) is 5.37. The van der Waals surface area contributed by atoms with E-state index < -0.39 is 46.9 Å². The molecule has 1 aromatic heterocycles. The van der Waals surface area contributed by atoms with Crippen LogP contribution in [0.2, 0.25) is 0 Å². The minimum Gasteiger partial charge on any atom is -0.393 e. The number of carbonyl (C=O) groups is 1. The first-order valence-corrected chi connectivity index (χ1v) is 8.69. The number of amides is 1. The van der Waals surface area contributed by atoms with Crippen molar-refractivity contribution in [2.45, 2.75) is 31.8 Å². The second kappa shape index (κ2) is 7.36. The van der Waals surface area contributed by atoms with Crippen LogP contribution in [-0.2, 0) is 12.4 Å². The Bertz CT molecular complexity index is 906. The molecule has 1 N–H and O–H groups in total. The molecule has 5 nitrogen and oxygen atoms in total. The Morgan fingerprint density at radius 2 is 1.86 bits per heavy atom. The van der Waals surface area contributed by atoms with Crippen molar-refractivity contribution in [2.75, 3.05) is 13.1 Å². The number of carbonyl (C=O) groups excluding carboxylic acids is 1. The van der Waals surface area contributed by atoms with Crippen molar-refractivity contribution in [1.82, 2.24) is 14.7 Å². The monoisotopic (exact) mass is 421 g/mol. The Hall–Kier alpha value is -2.56. The molecule has 0 bridgehead atoms. The molecule has 0 saturated carbocycles. The number of aromatic nitrogens is 2. The van der Waals surface area contributed by atoms with E-state index in [9.17, 15) is 36.2 Å². The number of aliphatic hydroxyl groups excluding tert-OH is 1. The Morgan fingerprint density at radius 1 is 1.17 bits per heavy atom. The van der Waals surface area contributed by atoms with Gasteiger partial charge in [0, 0.05) is 13.1 Å². The third-order valence-electron chi connectivity index (χ3n) is 4.83. The largest absolute Gasteiger partial charge is 0.434 e. The van der Waals surface area contributed by atoms with Crippen molar-refractivity contribution in [3.05, 3.63) is 47.3 Å². The molecule has 1 aliphatic rings. The molecule has 0 spiro atoms. The molecule has 1 saturated heterocycles. The number of halogens is 6. The van der Waals surface area contributed by atoms with Gasteiger partial charge in [0.25, 0.3) is 5.91 Å². The lowest BCUT2D eigenvalue weighted by Gasteiger charge is -2.34. The van der Waals surface area contributed by atoms with Crippen LogP contribution < -0.4 is 0 Å². The predicted molar refractivity (Wildman–Crippen MR) is 89.3 cm³/mol. The first-order valence-electron chi connectivity index (χ1n) is 8.69. The van der Waals surface area contributed by atoms with Gasteiger partial charge in [-0.25, -0.2) is 4.68 Å². The highest BCUT2D eigenvalue weighted by Gasteiger charge is 2.42. The first kappa shape index (κ1) is 21.2. The Labute approximate surface area is 161 Å². The minimum atomic E-state index is -5.03. The summed E-state index contributed by atoms with van der Waals surface area (Å²) in [6, 6.07) is 3.28. The molecular weight excluding hydrogens is 404 g/mol. The molecule has 2 aromatic rings. The number of alkyl halides is 6. The van der Waals surface area contributed by atoms with Gasteiger partial charge in [-0.3, -0.25) is 4.79 Å². The number of rotatable bonds is 2. The molecule has 1 amide bonds. The van der Waals surface area contributed by atoms with E-state index in [2.05, 4.69) is 5.10 Å². The van der Waals surface area contributed by atoms with E-state index in [1.807, 2.05) is 0 Å². The fourth-order valence-electron chi connectivity index (χ4n) is 3.28. The second-order valence-electron chi connectivity index (χ2n) is 6.95. The highest BCUT2D eigenvalue weighted by atomic mass is 19.4. The van der Waals surface area contributed by atoms with E-state index in [1.54, 1.807) is 6.92 Å². The number of aliphatic hydroxyl groups is 1. The summed E-state index contributed by atoms with van der Waals surface area (Å²) in [4.78, 5) is 13.9. The summed E-state index contributed by atoms with van der Waals surface area (Å²) in [5.41, 5.74) is -3.79. The standard InChI is InChI=1S/C18H17F6N3O2/c1-10-9-26(6-5-14(10)28)16(29)13-8-25-27(15(13)18(22,23)24)12-4-2-3-11(7-12)17(19,20)21/h2-4,7-8,10,14,28H,5-6,9H2,1H3. The van der Waals surface area contributed by atoms with Crippen molar-refractivity contribution in [1.29, 1.82) is 0 Å². The summed E-state index contributed by atoms with van der Waals surface area (Å²) in [6.45, 7) is 1.79. The number of likely N-dealkylation sites (tertiary alicyclic amines) is 1. The molecule has 1 aromatic carbocycles. The summed E-state index contributed by atoms with van der Waals surface area (Å²) < 4.78 is 80.3. The lowest BCUT2D eigenvalue weighted by molar-refractivity contribution is -0.143. The highest BCUT2D eigenvalue weighted by molar-refractivity contribution is 5.95. The molecule has 2 unspecified atom stereocenters. The van der Waals surface area contributed by atoms with E-state index >= 15 is 0 Å². The van der Waals surface area contributed by atoms with Crippen LogP contribution in [0.4, 0.5) is 26.3 Å².